The van der Waals surface area contributed by atoms with Gasteiger partial charge in [0.15, 0.2) is 0 Å². The average molecular weight is 334 g/mol. The van der Waals surface area contributed by atoms with E-state index in [-0.39, 0.29) is 5.91 Å². The summed E-state index contributed by atoms with van der Waals surface area (Å²) in [6.07, 6.45) is 5.90. The van der Waals surface area contributed by atoms with Crippen LogP contribution in [0.1, 0.15) is 43.7 Å². The van der Waals surface area contributed by atoms with Crippen molar-refractivity contribution in [1.29, 1.82) is 0 Å². The van der Waals surface area contributed by atoms with E-state index in [9.17, 15) is 4.79 Å². The van der Waals surface area contributed by atoms with Crippen LogP contribution in [0.3, 0.4) is 0 Å². The maximum absolute atomic E-state index is 12.3. The quantitative estimate of drug-likeness (QED) is 0.775. The van der Waals surface area contributed by atoms with Gasteiger partial charge in [-0.3, -0.25) is 4.79 Å². The van der Waals surface area contributed by atoms with Crippen molar-refractivity contribution in [1.82, 2.24) is 0 Å². The number of nitrogens with one attached hydrogen (secondary N) is 1. The maximum atomic E-state index is 12.3. The van der Waals surface area contributed by atoms with Crippen molar-refractivity contribution in [2.45, 2.75) is 32.6 Å². The number of carbonyl (C=O) groups excluding carboxylic acids is 1. The molecule has 0 aliphatic carbocycles. The van der Waals surface area contributed by atoms with Crippen LogP contribution in [0.25, 0.3) is 6.08 Å². The zero-order chi connectivity index (χ0) is 17.6. The third-order valence-electron chi connectivity index (χ3n) is 4.64. The van der Waals surface area contributed by atoms with Crippen molar-refractivity contribution >= 4 is 23.4 Å². The van der Waals surface area contributed by atoms with Crippen molar-refractivity contribution in [2.24, 2.45) is 0 Å². The predicted octanol–water partition coefficient (Wildman–Crippen LogP) is 5.06. The number of hydrogen-bond donors (Lipinski definition) is 1. The van der Waals surface area contributed by atoms with Gasteiger partial charge in [-0.25, -0.2) is 0 Å². The molecule has 3 nitrogen and oxygen atoms in total. The number of hydrogen-bond acceptors (Lipinski definition) is 2. The fraction of sp³-hybridized carbons (Fsp3) is 0.318. The summed E-state index contributed by atoms with van der Waals surface area (Å²) in [6.45, 7) is 6.47. The zero-order valence-electron chi connectivity index (χ0n) is 15.0. The summed E-state index contributed by atoms with van der Waals surface area (Å²) in [6, 6.07) is 16.4. The van der Waals surface area contributed by atoms with Gasteiger partial charge in [-0.05, 0) is 48.1 Å². The molecule has 1 saturated heterocycles. The summed E-state index contributed by atoms with van der Waals surface area (Å²) >= 11 is 0. The standard InChI is InChI=1S/C22H26N2O/c1-17(2)19-12-9-18(10-13-19)11-14-22(25)23-20-7-3-4-8-21(20)24-15-5-6-16-24/h3-4,7-14,17H,5-6,15-16H2,1-2H3,(H,23,25). The number of carbonyl (C=O) groups is 1. The molecule has 0 aromatic heterocycles. The molecule has 1 heterocycles. The van der Waals surface area contributed by atoms with E-state index in [2.05, 4.69) is 54.4 Å². The molecule has 0 unspecified atom stereocenters. The van der Waals surface area contributed by atoms with Gasteiger partial charge < -0.3 is 10.2 Å². The molecule has 2 aromatic carbocycles. The first-order chi connectivity index (χ1) is 12.1. The fourth-order valence-electron chi connectivity index (χ4n) is 3.15. The van der Waals surface area contributed by atoms with Crippen LogP contribution in [0, 0.1) is 0 Å². The minimum atomic E-state index is -0.0976. The van der Waals surface area contributed by atoms with Gasteiger partial charge in [0.1, 0.15) is 0 Å². The summed E-state index contributed by atoms with van der Waals surface area (Å²) in [5.41, 5.74) is 4.34. The molecule has 3 heteroatoms. The molecule has 1 fully saturated rings. The Kier molecular flexibility index (Phi) is 5.54. The number of benzene rings is 2. The molecule has 2 aromatic rings. The van der Waals surface area contributed by atoms with Crippen molar-refractivity contribution in [2.75, 3.05) is 23.3 Å². The van der Waals surface area contributed by atoms with Crippen LogP contribution in [0.2, 0.25) is 0 Å². The van der Waals surface area contributed by atoms with Gasteiger partial charge >= 0.3 is 0 Å². The third-order valence-corrected chi connectivity index (χ3v) is 4.64. The second-order valence-electron chi connectivity index (χ2n) is 6.86. The lowest BCUT2D eigenvalue weighted by molar-refractivity contribution is -0.111. The highest BCUT2D eigenvalue weighted by atomic mass is 16.1. The first kappa shape index (κ1) is 17.3. The van der Waals surface area contributed by atoms with E-state index in [1.165, 1.54) is 18.4 Å². The highest BCUT2D eigenvalue weighted by molar-refractivity contribution is 6.03. The van der Waals surface area contributed by atoms with Gasteiger partial charge in [0, 0.05) is 19.2 Å². The van der Waals surface area contributed by atoms with Crippen molar-refractivity contribution in [3.63, 3.8) is 0 Å². The molecule has 0 bridgehead atoms. The van der Waals surface area contributed by atoms with Crippen LogP contribution < -0.4 is 10.2 Å². The van der Waals surface area contributed by atoms with Crippen LogP contribution in [-0.2, 0) is 4.79 Å². The minimum absolute atomic E-state index is 0.0976. The summed E-state index contributed by atoms with van der Waals surface area (Å²) in [5.74, 6) is 0.419. The lowest BCUT2D eigenvalue weighted by Crippen LogP contribution is -2.20. The Balaban J connectivity index is 1.66. The van der Waals surface area contributed by atoms with Gasteiger partial charge in [0.2, 0.25) is 5.91 Å². The summed E-state index contributed by atoms with van der Waals surface area (Å²) < 4.78 is 0. The number of rotatable bonds is 5. The monoisotopic (exact) mass is 334 g/mol. The molecule has 3 rings (SSSR count). The van der Waals surface area contributed by atoms with E-state index < -0.39 is 0 Å². The van der Waals surface area contributed by atoms with E-state index in [0.29, 0.717) is 5.92 Å². The highest BCUT2D eigenvalue weighted by Crippen LogP contribution is 2.28. The molecule has 0 atom stereocenters. The zero-order valence-corrected chi connectivity index (χ0v) is 15.0. The fourth-order valence-corrected chi connectivity index (χ4v) is 3.15. The lowest BCUT2D eigenvalue weighted by atomic mass is 10.0. The number of anilines is 2. The van der Waals surface area contributed by atoms with Crippen LogP contribution in [-0.4, -0.2) is 19.0 Å². The van der Waals surface area contributed by atoms with Gasteiger partial charge in [-0.1, -0.05) is 50.2 Å². The van der Waals surface area contributed by atoms with Gasteiger partial charge in [0.25, 0.3) is 0 Å². The van der Waals surface area contributed by atoms with E-state index in [0.717, 1.165) is 30.0 Å². The second-order valence-corrected chi connectivity index (χ2v) is 6.86. The Morgan fingerprint density at radius 3 is 2.40 bits per heavy atom. The van der Waals surface area contributed by atoms with Gasteiger partial charge in [0.05, 0.1) is 11.4 Å². The van der Waals surface area contributed by atoms with E-state index >= 15 is 0 Å². The van der Waals surface area contributed by atoms with Crippen molar-refractivity contribution < 1.29 is 4.79 Å². The molecule has 1 aliphatic heterocycles. The smallest absolute Gasteiger partial charge is 0.248 e. The summed E-state index contributed by atoms with van der Waals surface area (Å²) in [4.78, 5) is 14.6. The number of amides is 1. The second kappa shape index (κ2) is 8.02. The lowest BCUT2D eigenvalue weighted by Gasteiger charge is -2.21. The van der Waals surface area contributed by atoms with Gasteiger partial charge in [-0.15, -0.1) is 0 Å². The van der Waals surface area contributed by atoms with E-state index in [1.807, 2.05) is 24.3 Å². The van der Waals surface area contributed by atoms with Gasteiger partial charge in [-0.2, -0.15) is 0 Å². The van der Waals surface area contributed by atoms with E-state index in [4.69, 9.17) is 0 Å². The molecule has 0 spiro atoms. The van der Waals surface area contributed by atoms with Crippen molar-refractivity contribution in [3.8, 4) is 0 Å². The van der Waals surface area contributed by atoms with Crippen LogP contribution >= 0.6 is 0 Å². The highest BCUT2D eigenvalue weighted by Gasteiger charge is 2.15. The predicted molar refractivity (Wildman–Crippen MR) is 106 cm³/mol. The SMILES string of the molecule is CC(C)c1ccc(C=CC(=O)Nc2ccccc2N2CCCC2)cc1. The first-order valence-corrected chi connectivity index (χ1v) is 9.06. The molecule has 0 radical (unpaired) electrons. The van der Waals surface area contributed by atoms with Crippen molar-refractivity contribution in [3.05, 3.63) is 65.7 Å². The molecule has 0 saturated carbocycles. The van der Waals surface area contributed by atoms with Crippen LogP contribution in [0.15, 0.2) is 54.6 Å². The minimum Gasteiger partial charge on any atom is -0.370 e. The van der Waals surface area contributed by atoms with Crippen LogP contribution in [0.4, 0.5) is 11.4 Å². The Morgan fingerprint density at radius 2 is 1.72 bits per heavy atom. The average Bonchev–Trinajstić information content (AvgIpc) is 3.15. The maximum Gasteiger partial charge on any atom is 0.248 e. The topological polar surface area (TPSA) is 32.3 Å². The number of para-hydroxylation sites is 2. The number of nitrogens with zero attached hydrogens (tertiary/aromatic N) is 1. The summed E-state index contributed by atoms with van der Waals surface area (Å²) in [7, 11) is 0. The largest absolute Gasteiger partial charge is 0.370 e. The molecule has 130 valence electrons. The normalized spacial score (nSPS) is 14.4. The Bertz CT molecular complexity index is 741. The Labute approximate surface area is 150 Å². The molecule has 1 N–H and O–H groups in total. The Hall–Kier alpha value is -2.55. The molecule has 1 aliphatic rings. The molecule has 25 heavy (non-hydrogen) atoms. The van der Waals surface area contributed by atoms with E-state index in [1.54, 1.807) is 6.08 Å². The van der Waals surface area contributed by atoms with Crippen LogP contribution in [0.5, 0.6) is 0 Å². The molecular weight excluding hydrogens is 308 g/mol. The molecule has 1 amide bonds. The molecular formula is C22H26N2O. The Morgan fingerprint density at radius 1 is 1.04 bits per heavy atom. The first-order valence-electron chi connectivity index (χ1n) is 9.06. The third kappa shape index (κ3) is 4.50. The summed E-state index contributed by atoms with van der Waals surface area (Å²) in [5, 5.41) is 3.02.